The third-order valence-corrected chi connectivity index (χ3v) is 6.23. The van der Waals surface area contributed by atoms with E-state index < -0.39 is 28.7 Å². The SMILES string of the molecule is O=C1C2C(c3ccc([N+](=O)[O-])cc3)=NN(c3ccccc3)C2C(=O)N1c1ccc2c(c1)OCCO2. The number of fused-ring (bicyclic) bond motifs is 2. The highest BCUT2D eigenvalue weighted by Crippen LogP contribution is 2.41. The van der Waals surface area contributed by atoms with Crippen molar-refractivity contribution in [3.63, 3.8) is 0 Å². The number of nitro groups is 1. The second-order valence-electron chi connectivity index (χ2n) is 8.23. The number of para-hydroxylation sites is 1. The summed E-state index contributed by atoms with van der Waals surface area (Å²) in [6.45, 7) is 0.807. The maximum atomic E-state index is 13.7. The van der Waals surface area contributed by atoms with Crippen LogP contribution in [0.5, 0.6) is 11.5 Å². The van der Waals surface area contributed by atoms with Gasteiger partial charge in [0.1, 0.15) is 25.2 Å². The van der Waals surface area contributed by atoms with Crippen molar-refractivity contribution in [2.45, 2.75) is 6.04 Å². The summed E-state index contributed by atoms with van der Waals surface area (Å²) < 4.78 is 11.2. The van der Waals surface area contributed by atoms with Gasteiger partial charge in [0.2, 0.25) is 5.91 Å². The van der Waals surface area contributed by atoms with Crippen LogP contribution in [0, 0.1) is 16.0 Å². The van der Waals surface area contributed by atoms with E-state index in [-0.39, 0.29) is 5.69 Å². The molecule has 0 spiro atoms. The Hall–Kier alpha value is -4.73. The standard InChI is InChI=1S/C25H18N4O6/c30-24-21-22(15-6-8-17(9-7-15)29(32)33)26-28(16-4-2-1-3-5-16)23(21)25(31)27(24)18-10-11-19-20(14-18)35-13-12-34-19/h1-11,14,21,23H,12-13H2. The molecule has 2 atom stereocenters. The summed E-state index contributed by atoms with van der Waals surface area (Å²) in [4.78, 5) is 39.2. The van der Waals surface area contributed by atoms with Crippen molar-refractivity contribution in [2.75, 3.05) is 23.1 Å². The van der Waals surface area contributed by atoms with Crippen LogP contribution in [0.4, 0.5) is 17.1 Å². The molecule has 0 N–H and O–H groups in total. The van der Waals surface area contributed by atoms with Crippen molar-refractivity contribution < 1.29 is 24.0 Å². The lowest BCUT2D eigenvalue weighted by Crippen LogP contribution is -2.39. The molecule has 1 saturated heterocycles. The highest BCUT2D eigenvalue weighted by atomic mass is 16.6. The van der Waals surface area contributed by atoms with Crippen LogP contribution in [0.2, 0.25) is 0 Å². The maximum Gasteiger partial charge on any atom is 0.269 e. The number of non-ortho nitro benzene ring substituents is 1. The number of hydrogen-bond acceptors (Lipinski definition) is 8. The van der Waals surface area contributed by atoms with Gasteiger partial charge in [-0.1, -0.05) is 18.2 Å². The fourth-order valence-corrected chi connectivity index (χ4v) is 4.63. The number of rotatable bonds is 4. The number of hydrogen-bond donors (Lipinski definition) is 0. The number of ether oxygens (including phenoxy) is 2. The molecule has 0 bridgehead atoms. The summed E-state index contributed by atoms with van der Waals surface area (Å²) >= 11 is 0. The van der Waals surface area contributed by atoms with E-state index in [2.05, 4.69) is 5.10 Å². The van der Waals surface area contributed by atoms with Gasteiger partial charge in [-0.25, -0.2) is 4.90 Å². The summed E-state index contributed by atoms with van der Waals surface area (Å²) in [6.07, 6.45) is 0. The molecule has 0 radical (unpaired) electrons. The second kappa shape index (κ2) is 7.94. The average molecular weight is 470 g/mol. The van der Waals surface area contributed by atoms with Crippen LogP contribution in [-0.2, 0) is 9.59 Å². The summed E-state index contributed by atoms with van der Waals surface area (Å²) in [5.74, 6) is -0.695. The number of carbonyl (C=O) groups is 2. The third kappa shape index (κ3) is 3.30. The molecule has 6 rings (SSSR count). The van der Waals surface area contributed by atoms with Crippen LogP contribution in [-0.4, -0.2) is 41.7 Å². The Morgan fingerprint density at radius 3 is 2.29 bits per heavy atom. The van der Waals surface area contributed by atoms with Gasteiger partial charge >= 0.3 is 0 Å². The first-order valence-corrected chi connectivity index (χ1v) is 11.0. The van der Waals surface area contributed by atoms with Crippen molar-refractivity contribution >= 4 is 34.6 Å². The fourth-order valence-electron chi connectivity index (χ4n) is 4.63. The number of anilines is 2. The molecular weight excluding hydrogens is 452 g/mol. The first-order chi connectivity index (χ1) is 17.0. The van der Waals surface area contributed by atoms with Gasteiger partial charge in [-0.3, -0.25) is 24.7 Å². The lowest BCUT2D eigenvalue weighted by Gasteiger charge is -2.23. The van der Waals surface area contributed by atoms with E-state index in [1.807, 2.05) is 30.3 Å². The smallest absolute Gasteiger partial charge is 0.269 e. The molecule has 174 valence electrons. The molecule has 3 aromatic rings. The number of imide groups is 1. The van der Waals surface area contributed by atoms with Gasteiger partial charge in [0.05, 0.1) is 22.0 Å². The largest absolute Gasteiger partial charge is 0.486 e. The first kappa shape index (κ1) is 20.8. The molecule has 35 heavy (non-hydrogen) atoms. The Morgan fingerprint density at radius 2 is 1.57 bits per heavy atom. The van der Waals surface area contributed by atoms with Crippen molar-refractivity contribution in [3.05, 3.63) is 88.5 Å². The summed E-state index contributed by atoms with van der Waals surface area (Å²) in [5.41, 5.74) is 1.89. The minimum absolute atomic E-state index is 0.0736. The first-order valence-electron chi connectivity index (χ1n) is 11.0. The molecule has 10 nitrogen and oxygen atoms in total. The van der Waals surface area contributed by atoms with Crippen LogP contribution >= 0.6 is 0 Å². The predicted molar refractivity (Wildman–Crippen MR) is 126 cm³/mol. The van der Waals surface area contributed by atoms with Crippen LogP contribution in [0.25, 0.3) is 0 Å². The van der Waals surface area contributed by atoms with Crippen molar-refractivity contribution in [3.8, 4) is 11.5 Å². The van der Waals surface area contributed by atoms with E-state index in [1.54, 1.807) is 35.3 Å². The number of nitrogens with zero attached hydrogens (tertiary/aromatic N) is 4. The Morgan fingerprint density at radius 1 is 0.857 bits per heavy atom. The zero-order valence-electron chi connectivity index (χ0n) is 18.2. The molecular formula is C25H18N4O6. The monoisotopic (exact) mass is 470 g/mol. The topological polar surface area (TPSA) is 115 Å². The fraction of sp³-hybridized carbons (Fsp3) is 0.160. The van der Waals surface area contributed by atoms with Crippen molar-refractivity contribution in [1.82, 2.24) is 0 Å². The maximum absolute atomic E-state index is 13.7. The summed E-state index contributed by atoms with van der Waals surface area (Å²) in [7, 11) is 0. The molecule has 3 aromatic carbocycles. The average Bonchev–Trinajstić information content (AvgIpc) is 3.41. The lowest BCUT2D eigenvalue weighted by atomic mass is 9.92. The molecule has 2 amide bonds. The van der Waals surface area contributed by atoms with Gasteiger partial charge in [-0.05, 0) is 42.0 Å². The Balaban J connectivity index is 1.43. The van der Waals surface area contributed by atoms with E-state index in [0.29, 0.717) is 47.4 Å². The lowest BCUT2D eigenvalue weighted by molar-refractivity contribution is -0.384. The second-order valence-corrected chi connectivity index (χ2v) is 8.23. The van der Waals surface area contributed by atoms with E-state index >= 15 is 0 Å². The number of benzene rings is 3. The van der Waals surface area contributed by atoms with Crippen molar-refractivity contribution in [1.29, 1.82) is 0 Å². The molecule has 0 aromatic heterocycles. The van der Waals surface area contributed by atoms with Gasteiger partial charge in [0.25, 0.3) is 11.6 Å². The van der Waals surface area contributed by atoms with E-state index in [4.69, 9.17) is 9.47 Å². The number of amides is 2. The molecule has 3 aliphatic heterocycles. The minimum atomic E-state index is -0.886. The number of hydrazone groups is 1. The van der Waals surface area contributed by atoms with Gasteiger partial charge < -0.3 is 9.47 Å². The Labute approximate surface area is 199 Å². The minimum Gasteiger partial charge on any atom is -0.486 e. The van der Waals surface area contributed by atoms with Crippen molar-refractivity contribution in [2.24, 2.45) is 11.0 Å². The molecule has 0 aliphatic carbocycles. The predicted octanol–water partition coefficient (Wildman–Crippen LogP) is 3.15. The van der Waals surface area contributed by atoms with E-state index in [0.717, 1.165) is 4.90 Å². The van der Waals surface area contributed by atoms with Crippen LogP contribution in [0.15, 0.2) is 77.9 Å². The number of carbonyl (C=O) groups excluding carboxylic acids is 2. The highest BCUT2D eigenvalue weighted by molar-refractivity contribution is 6.34. The van der Waals surface area contributed by atoms with Gasteiger partial charge in [-0.2, -0.15) is 5.10 Å². The zero-order valence-corrected chi connectivity index (χ0v) is 18.2. The third-order valence-electron chi connectivity index (χ3n) is 6.23. The van der Waals surface area contributed by atoms with E-state index in [9.17, 15) is 19.7 Å². The summed E-state index contributed by atoms with van der Waals surface area (Å²) in [6, 6.07) is 19.0. The quantitative estimate of drug-likeness (QED) is 0.327. The molecule has 3 heterocycles. The van der Waals surface area contributed by atoms with Gasteiger partial charge in [-0.15, -0.1) is 0 Å². The normalized spacial score (nSPS) is 20.6. The van der Waals surface area contributed by atoms with Gasteiger partial charge in [0.15, 0.2) is 11.5 Å². The zero-order chi connectivity index (χ0) is 24.1. The molecule has 2 unspecified atom stereocenters. The number of nitro benzene ring substituents is 1. The van der Waals surface area contributed by atoms with Crippen LogP contribution < -0.4 is 19.4 Å². The Kier molecular flexibility index (Phi) is 4.73. The van der Waals surface area contributed by atoms with Crippen LogP contribution in [0.3, 0.4) is 0 Å². The molecule has 3 aliphatic rings. The van der Waals surface area contributed by atoms with Gasteiger partial charge in [0, 0.05) is 18.2 Å². The molecule has 0 saturated carbocycles. The molecule has 1 fully saturated rings. The summed E-state index contributed by atoms with van der Waals surface area (Å²) in [5, 5.41) is 17.3. The Bertz CT molecular complexity index is 1390. The van der Waals surface area contributed by atoms with E-state index in [1.165, 1.54) is 12.1 Å². The highest BCUT2D eigenvalue weighted by Gasteiger charge is 2.57. The molecule has 10 heteroatoms. The van der Waals surface area contributed by atoms with Crippen LogP contribution in [0.1, 0.15) is 5.56 Å².